The summed E-state index contributed by atoms with van der Waals surface area (Å²) in [5, 5.41) is 1.87. The van der Waals surface area contributed by atoms with Crippen LogP contribution >= 0.6 is 11.3 Å². The number of nitrogens with zero attached hydrogens (tertiary/aromatic N) is 4. The second-order valence-corrected chi connectivity index (χ2v) is 5.44. The Balaban J connectivity index is 1.91. The molecule has 0 radical (unpaired) electrons. The second kappa shape index (κ2) is 5.01. The van der Waals surface area contributed by atoms with Gasteiger partial charge in [-0.2, -0.15) is 0 Å². The van der Waals surface area contributed by atoms with E-state index in [-0.39, 0.29) is 5.56 Å². The molecule has 0 bridgehead atoms. The number of aryl methyl sites for hydroxylation is 1. The van der Waals surface area contributed by atoms with Crippen molar-refractivity contribution in [3.05, 3.63) is 45.7 Å². The lowest BCUT2D eigenvalue weighted by Crippen LogP contribution is -2.22. The van der Waals surface area contributed by atoms with Gasteiger partial charge in [-0.3, -0.25) is 4.79 Å². The number of hydrogen-bond acceptors (Lipinski definition) is 6. The minimum absolute atomic E-state index is 0.0905. The van der Waals surface area contributed by atoms with E-state index in [4.69, 9.17) is 0 Å². The molecule has 0 fully saturated rings. The maximum absolute atomic E-state index is 11.9. The molecular formula is C13H13N5OS. The summed E-state index contributed by atoms with van der Waals surface area (Å²) in [5.41, 5.74) is 1.55. The summed E-state index contributed by atoms with van der Waals surface area (Å²) in [6.45, 7) is 2.40. The largest absolute Gasteiger partial charge is 0.352 e. The smallest absolute Gasteiger partial charge is 0.268 e. The Labute approximate surface area is 119 Å². The average Bonchev–Trinajstić information content (AvgIpc) is 2.87. The molecule has 0 amide bonds. The van der Waals surface area contributed by atoms with Crippen LogP contribution in [0.5, 0.6) is 0 Å². The van der Waals surface area contributed by atoms with E-state index in [1.54, 1.807) is 0 Å². The van der Waals surface area contributed by atoms with Crippen molar-refractivity contribution >= 4 is 27.4 Å². The van der Waals surface area contributed by atoms with Crippen LogP contribution < -0.4 is 10.5 Å². The van der Waals surface area contributed by atoms with Crippen LogP contribution in [-0.2, 0) is 6.54 Å². The van der Waals surface area contributed by atoms with E-state index >= 15 is 0 Å². The zero-order chi connectivity index (χ0) is 14.1. The molecule has 6 nitrogen and oxygen atoms in total. The van der Waals surface area contributed by atoms with Gasteiger partial charge in [-0.05, 0) is 18.4 Å². The fraction of sp³-hybridized carbons (Fsp3) is 0.231. The number of H-pyrrole nitrogens is 1. The monoisotopic (exact) mass is 287 g/mol. The number of rotatable bonds is 3. The van der Waals surface area contributed by atoms with Crippen molar-refractivity contribution < 1.29 is 0 Å². The van der Waals surface area contributed by atoms with Crippen LogP contribution in [0.2, 0.25) is 0 Å². The topological polar surface area (TPSA) is 74.8 Å². The van der Waals surface area contributed by atoms with Crippen LogP contribution in [0, 0.1) is 6.92 Å². The molecule has 0 atom stereocenters. The molecule has 0 aliphatic heterocycles. The molecule has 0 unspecified atom stereocenters. The molecule has 3 heterocycles. The van der Waals surface area contributed by atoms with Gasteiger partial charge in [0.25, 0.3) is 5.56 Å². The summed E-state index contributed by atoms with van der Waals surface area (Å²) in [7, 11) is 1.90. The first-order chi connectivity index (χ1) is 9.63. The Bertz CT molecular complexity index is 810. The zero-order valence-electron chi connectivity index (χ0n) is 11.1. The van der Waals surface area contributed by atoms with Gasteiger partial charge >= 0.3 is 0 Å². The molecule has 0 saturated heterocycles. The van der Waals surface area contributed by atoms with Gasteiger partial charge in [-0.1, -0.05) is 0 Å². The molecule has 102 valence electrons. The number of aromatic nitrogens is 4. The van der Waals surface area contributed by atoms with E-state index in [0.717, 1.165) is 17.0 Å². The maximum atomic E-state index is 11.9. The Kier molecular flexibility index (Phi) is 3.19. The lowest BCUT2D eigenvalue weighted by atomic mass is 10.4. The van der Waals surface area contributed by atoms with Crippen LogP contribution in [0.4, 0.5) is 5.82 Å². The van der Waals surface area contributed by atoms with Crippen molar-refractivity contribution in [1.82, 2.24) is 19.9 Å². The summed E-state index contributed by atoms with van der Waals surface area (Å²) < 4.78 is 0.661. The summed E-state index contributed by atoms with van der Waals surface area (Å²) in [6, 6.07) is 3.74. The molecule has 0 aliphatic carbocycles. The lowest BCUT2D eigenvalue weighted by Gasteiger charge is -2.17. The Hall–Kier alpha value is -2.28. The molecule has 0 aromatic carbocycles. The van der Waals surface area contributed by atoms with Gasteiger partial charge in [0.15, 0.2) is 0 Å². The molecule has 3 rings (SSSR count). The SMILES string of the molecule is Cc1cc(N(C)Cc2nc3ccsc3c(=O)[nH]2)ncn1. The first-order valence-electron chi connectivity index (χ1n) is 6.09. The van der Waals surface area contributed by atoms with Gasteiger partial charge < -0.3 is 9.88 Å². The van der Waals surface area contributed by atoms with Crippen molar-refractivity contribution in [3.8, 4) is 0 Å². The molecular weight excluding hydrogens is 274 g/mol. The van der Waals surface area contributed by atoms with E-state index < -0.39 is 0 Å². The highest BCUT2D eigenvalue weighted by atomic mass is 32.1. The molecule has 0 saturated carbocycles. The third-order valence-electron chi connectivity index (χ3n) is 2.93. The predicted molar refractivity (Wildman–Crippen MR) is 79.1 cm³/mol. The molecule has 0 aliphatic rings. The highest BCUT2D eigenvalue weighted by molar-refractivity contribution is 7.17. The van der Waals surface area contributed by atoms with Gasteiger partial charge in [0, 0.05) is 18.8 Å². The third-order valence-corrected chi connectivity index (χ3v) is 3.83. The quantitative estimate of drug-likeness (QED) is 0.794. The van der Waals surface area contributed by atoms with Gasteiger partial charge in [0.1, 0.15) is 22.7 Å². The predicted octanol–water partition coefficient (Wildman–Crippen LogP) is 1.72. The van der Waals surface area contributed by atoms with Crippen molar-refractivity contribution in [2.45, 2.75) is 13.5 Å². The summed E-state index contributed by atoms with van der Waals surface area (Å²) in [4.78, 5) is 29.4. The minimum Gasteiger partial charge on any atom is -0.352 e. The van der Waals surface area contributed by atoms with Crippen molar-refractivity contribution in [3.63, 3.8) is 0 Å². The van der Waals surface area contributed by atoms with Gasteiger partial charge in [-0.25, -0.2) is 15.0 Å². The molecule has 20 heavy (non-hydrogen) atoms. The van der Waals surface area contributed by atoms with Gasteiger partial charge in [0.2, 0.25) is 0 Å². The van der Waals surface area contributed by atoms with Crippen LogP contribution in [-0.4, -0.2) is 27.0 Å². The highest BCUT2D eigenvalue weighted by Crippen LogP contribution is 2.15. The third kappa shape index (κ3) is 2.39. The van der Waals surface area contributed by atoms with Crippen LogP contribution in [0.3, 0.4) is 0 Å². The molecule has 1 N–H and O–H groups in total. The average molecular weight is 287 g/mol. The first kappa shape index (κ1) is 12.7. The van der Waals surface area contributed by atoms with Crippen molar-refractivity contribution in [2.75, 3.05) is 11.9 Å². The first-order valence-corrected chi connectivity index (χ1v) is 6.97. The van der Waals surface area contributed by atoms with Crippen molar-refractivity contribution in [2.24, 2.45) is 0 Å². The van der Waals surface area contributed by atoms with E-state index in [9.17, 15) is 4.79 Å². The van der Waals surface area contributed by atoms with E-state index in [2.05, 4.69) is 19.9 Å². The number of anilines is 1. The molecule has 0 spiro atoms. The van der Waals surface area contributed by atoms with E-state index in [1.165, 1.54) is 17.7 Å². The summed E-state index contributed by atoms with van der Waals surface area (Å²) in [6.07, 6.45) is 1.53. The van der Waals surface area contributed by atoms with E-state index in [0.29, 0.717) is 17.1 Å². The van der Waals surface area contributed by atoms with Gasteiger partial charge in [-0.15, -0.1) is 11.3 Å². The van der Waals surface area contributed by atoms with Crippen molar-refractivity contribution in [1.29, 1.82) is 0 Å². The fourth-order valence-corrected chi connectivity index (χ4v) is 2.68. The number of thiophene rings is 1. The Morgan fingerprint density at radius 2 is 2.25 bits per heavy atom. The lowest BCUT2D eigenvalue weighted by molar-refractivity contribution is 0.822. The molecule has 3 aromatic heterocycles. The number of nitrogens with one attached hydrogen (secondary N) is 1. The van der Waals surface area contributed by atoms with Crippen LogP contribution in [0.15, 0.2) is 28.6 Å². The molecule has 3 aromatic rings. The molecule has 7 heteroatoms. The fourth-order valence-electron chi connectivity index (χ4n) is 1.95. The summed E-state index contributed by atoms with van der Waals surface area (Å²) in [5.74, 6) is 1.42. The Morgan fingerprint density at radius 3 is 3.05 bits per heavy atom. The normalized spacial score (nSPS) is 10.9. The standard InChI is InChI=1S/C13H13N5OS/c1-8-5-11(15-7-14-8)18(2)6-10-16-9-3-4-20-12(9)13(19)17-10/h3-5,7H,6H2,1-2H3,(H,16,17,19). The zero-order valence-corrected chi connectivity index (χ0v) is 11.9. The van der Waals surface area contributed by atoms with E-state index in [1.807, 2.05) is 36.4 Å². The van der Waals surface area contributed by atoms with Gasteiger partial charge in [0.05, 0.1) is 12.1 Å². The number of hydrogen-bond donors (Lipinski definition) is 1. The maximum Gasteiger partial charge on any atom is 0.268 e. The number of fused-ring (bicyclic) bond motifs is 1. The van der Waals surface area contributed by atoms with Crippen LogP contribution in [0.25, 0.3) is 10.2 Å². The van der Waals surface area contributed by atoms with Crippen LogP contribution in [0.1, 0.15) is 11.5 Å². The Morgan fingerprint density at radius 1 is 1.40 bits per heavy atom. The minimum atomic E-state index is -0.0905. The second-order valence-electron chi connectivity index (χ2n) is 4.52. The highest BCUT2D eigenvalue weighted by Gasteiger charge is 2.09. The summed E-state index contributed by atoms with van der Waals surface area (Å²) >= 11 is 1.40. The number of aromatic amines is 1.